The Kier molecular flexibility index (Phi) is 4.07. The molecule has 0 spiro atoms. The highest BCUT2D eigenvalue weighted by Crippen LogP contribution is 2.23. The molecule has 0 unspecified atom stereocenters. The summed E-state index contributed by atoms with van der Waals surface area (Å²) in [5.41, 5.74) is 1.42. The molecule has 0 radical (unpaired) electrons. The summed E-state index contributed by atoms with van der Waals surface area (Å²) in [6.45, 7) is 5.50. The zero-order valence-electron chi connectivity index (χ0n) is 12.0. The number of carboxylic acid groups (broad SMARTS) is 1. The van der Waals surface area contributed by atoms with Crippen molar-refractivity contribution in [1.29, 1.82) is 0 Å². The van der Waals surface area contributed by atoms with Crippen molar-refractivity contribution in [2.45, 2.75) is 26.7 Å². The van der Waals surface area contributed by atoms with Crippen LogP contribution in [0.3, 0.4) is 0 Å². The van der Waals surface area contributed by atoms with E-state index in [1.165, 1.54) is 12.1 Å². The second-order valence-electron chi connectivity index (χ2n) is 5.00. The minimum Gasteiger partial charge on any atom is -0.478 e. The summed E-state index contributed by atoms with van der Waals surface area (Å²) >= 11 is 0. The van der Waals surface area contributed by atoms with Crippen LogP contribution in [0.5, 0.6) is 0 Å². The third kappa shape index (κ3) is 3.10. The average molecular weight is 288 g/mol. The molecule has 6 nitrogen and oxygen atoms in total. The Hall–Kier alpha value is -2.63. The van der Waals surface area contributed by atoms with Gasteiger partial charge in [-0.3, -0.25) is 4.79 Å². The maximum Gasteiger partial charge on any atom is 0.335 e. The van der Waals surface area contributed by atoms with E-state index >= 15 is 0 Å². The summed E-state index contributed by atoms with van der Waals surface area (Å²) in [6, 6.07) is 6.06. The molecular weight excluding hydrogens is 272 g/mol. The SMILES string of the molecule is Cc1noc(C(C)C)c1C(=O)Nc1cccc(C(=O)O)c1. The Morgan fingerprint density at radius 2 is 2.05 bits per heavy atom. The summed E-state index contributed by atoms with van der Waals surface area (Å²) in [6.07, 6.45) is 0. The Morgan fingerprint density at radius 3 is 2.67 bits per heavy atom. The van der Waals surface area contributed by atoms with Crippen molar-refractivity contribution in [1.82, 2.24) is 5.16 Å². The Bertz CT molecular complexity index is 689. The lowest BCUT2D eigenvalue weighted by atomic mass is 10.0. The average Bonchev–Trinajstić information content (AvgIpc) is 2.81. The summed E-state index contributed by atoms with van der Waals surface area (Å²) < 4.78 is 5.17. The molecule has 1 heterocycles. The first-order valence-corrected chi connectivity index (χ1v) is 6.51. The monoisotopic (exact) mass is 288 g/mol. The predicted octanol–water partition coefficient (Wildman–Crippen LogP) is 3.06. The molecule has 2 N–H and O–H groups in total. The van der Waals surface area contributed by atoms with Gasteiger partial charge in [-0.1, -0.05) is 25.1 Å². The van der Waals surface area contributed by atoms with Gasteiger partial charge in [0.1, 0.15) is 5.56 Å². The third-order valence-corrected chi connectivity index (χ3v) is 3.01. The quantitative estimate of drug-likeness (QED) is 0.902. The number of nitrogens with one attached hydrogen (secondary N) is 1. The Labute approximate surface area is 121 Å². The van der Waals surface area contributed by atoms with E-state index in [1.807, 2.05) is 13.8 Å². The summed E-state index contributed by atoms with van der Waals surface area (Å²) in [5.74, 6) is -0.869. The molecule has 21 heavy (non-hydrogen) atoms. The molecule has 0 saturated heterocycles. The maximum absolute atomic E-state index is 12.3. The maximum atomic E-state index is 12.3. The van der Waals surface area contributed by atoms with Crippen LogP contribution in [0.25, 0.3) is 0 Å². The first-order chi connectivity index (χ1) is 9.90. The van der Waals surface area contributed by atoms with Crippen molar-refractivity contribution >= 4 is 17.6 Å². The number of benzene rings is 1. The van der Waals surface area contributed by atoms with Crippen LogP contribution in [0.1, 0.15) is 51.9 Å². The van der Waals surface area contributed by atoms with Gasteiger partial charge in [0.2, 0.25) is 0 Å². The number of aromatic nitrogens is 1. The number of nitrogens with zero attached hydrogens (tertiary/aromatic N) is 1. The van der Waals surface area contributed by atoms with Gasteiger partial charge >= 0.3 is 5.97 Å². The fourth-order valence-corrected chi connectivity index (χ4v) is 1.98. The lowest BCUT2D eigenvalue weighted by Crippen LogP contribution is -2.15. The van der Waals surface area contributed by atoms with Crippen LogP contribution in [0.2, 0.25) is 0 Å². The minimum atomic E-state index is -1.05. The molecule has 1 amide bonds. The normalized spacial score (nSPS) is 10.7. The highest BCUT2D eigenvalue weighted by atomic mass is 16.5. The highest BCUT2D eigenvalue weighted by molar-refractivity contribution is 6.06. The number of hydrogen-bond acceptors (Lipinski definition) is 4. The molecule has 0 bridgehead atoms. The van der Waals surface area contributed by atoms with Crippen molar-refractivity contribution in [2.75, 3.05) is 5.32 Å². The molecule has 0 aliphatic heterocycles. The van der Waals surface area contributed by atoms with Gasteiger partial charge < -0.3 is 14.9 Å². The minimum absolute atomic E-state index is 0.0253. The number of amides is 1. The van der Waals surface area contributed by atoms with Gasteiger partial charge in [0.15, 0.2) is 5.76 Å². The van der Waals surface area contributed by atoms with Crippen LogP contribution >= 0.6 is 0 Å². The fraction of sp³-hybridized carbons (Fsp3) is 0.267. The van der Waals surface area contributed by atoms with Crippen molar-refractivity contribution in [2.24, 2.45) is 0 Å². The van der Waals surface area contributed by atoms with Crippen molar-refractivity contribution in [3.63, 3.8) is 0 Å². The number of carboxylic acids is 1. The van der Waals surface area contributed by atoms with Gasteiger partial charge in [0.05, 0.1) is 11.3 Å². The Balaban J connectivity index is 2.28. The highest BCUT2D eigenvalue weighted by Gasteiger charge is 2.22. The molecule has 2 aromatic rings. The van der Waals surface area contributed by atoms with E-state index in [-0.39, 0.29) is 17.4 Å². The van der Waals surface area contributed by atoms with Gasteiger partial charge in [-0.05, 0) is 25.1 Å². The number of aromatic carboxylic acids is 1. The van der Waals surface area contributed by atoms with E-state index in [4.69, 9.17) is 9.63 Å². The van der Waals surface area contributed by atoms with E-state index < -0.39 is 5.97 Å². The first kappa shape index (κ1) is 14.8. The smallest absolute Gasteiger partial charge is 0.335 e. The van der Waals surface area contributed by atoms with Crippen molar-refractivity contribution in [3.05, 3.63) is 46.8 Å². The van der Waals surface area contributed by atoms with Crippen LogP contribution in [0.15, 0.2) is 28.8 Å². The lowest BCUT2D eigenvalue weighted by molar-refractivity contribution is 0.0696. The number of aryl methyl sites for hydroxylation is 1. The van der Waals surface area contributed by atoms with E-state index in [2.05, 4.69) is 10.5 Å². The Morgan fingerprint density at radius 1 is 1.33 bits per heavy atom. The molecule has 6 heteroatoms. The van der Waals surface area contributed by atoms with Crippen LogP contribution in [0.4, 0.5) is 5.69 Å². The van der Waals surface area contributed by atoms with Crippen LogP contribution < -0.4 is 5.32 Å². The van der Waals surface area contributed by atoms with Crippen molar-refractivity contribution in [3.8, 4) is 0 Å². The second kappa shape index (κ2) is 5.78. The molecule has 0 aliphatic carbocycles. The van der Waals surface area contributed by atoms with Gasteiger partial charge in [0.25, 0.3) is 5.91 Å². The van der Waals surface area contributed by atoms with Crippen LogP contribution in [-0.4, -0.2) is 22.1 Å². The van der Waals surface area contributed by atoms with E-state index in [9.17, 15) is 9.59 Å². The van der Waals surface area contributed by atoms with Gasteiger partial charge in [-0.15, -0.1) is 0 Å². The molecule has 0 aliphatic rings. The summed E-state index contributed by atoms with van der Waals surface area (Å²) in [5, 5.41) is 15.4. The number of carbonyl (C=O) groups is 2. The number of carbonyl (C=O) groups excluding carboxylic acids is 1. The molecule has 0 fully saturated rings. The topological polar surface area (TPSA) is 92.4 Å². The lowest BCUT2D eigenvalue weighted by Gasteiger charge is -2.07. The van der Waals surface area contributed by atoms with Crippen molar-refractivity contribution < 1.29 is 19.2 Å². The molecule has 1 aromatic heterocycles. The summed E-state index contributed by atoms with van der Waals surface area (Å²) in [4.78, 5) is 23.3. The van der Waals surface area contributed by atoms with E-state index in [0.717, 1.165) is 0 Å². The summed E-state index contributed by atoms with van der Waals surface area (Å²) in [7, 11) is 0. The molecule has 0 atom stereocenters. The number of anilines is 1. The molecule has 0 saturated carbocycles. The number of hydrogen-bond donors (Lipinski definition) is 2. The molecule has 2 rings (SSSR count). The zero-order valence-corrected chi connectivity index (χ0v) is 12.0. The van der Waals surface area contributed by atoms with Crippen LogP contribution in [-0.2, 0) is 0 Å². The van der Waals surface area contributed by atoms with E-state index in [0.29, 0.717) is 22.7 Å². The predicted molar refractivity (Wildman–Crippen MR) is 76.7 cm³/mol. The van der Waals surface area contributed by atoms with Crippen LogP contribution in [0, 0.1) is 6.92 Å². The fourth-order valence-electron chi connectivity index (χ4n) is 1.98. The first-order valence-electron chi connectivity index (χ1n) is 6.51. The van der Waals surface area contributed by atoms with Gasteiger partial charge in [-0.25, -0.2) is 4.79 Å². The standard InChI is InChI=1S/C15H16N2O4/c1-8(2)13-12(9(3)17-21-13)14(18)16-11-6-4-5-10(7-11)15(19)20/h4-8H,1-3H3,(H,16,18)(H,19,20). The largest absolute Gasteiger partial charge is 0.478 e. The third-order valence-electron chi connectivity index (χ3n) is 3.01. The molecule has 1 aromatic carbocycles. The zero-order chi connectivity index (χ0) is 15.6. The van der Waals surface area contributed by atoms with Gasteiger partial charge in [-0.2, -0.15) is 0 Å². The number of rotatable bonds is 4. The molecule has 110 valence electrons. The van der Waals surface area contributed by atoms with Gasteiger partial charge in [0, 0.05) is 11.6 Å². The van der Waals surface area contributed by atoms with E-state index in [1.54, 1.807) is 19.1 Å². The molecular formula is C15H16N2O4. The second-order valence-corrected chi connectivity index (χ2v) is 5.00.